The zero-order valence-corrected chi connectivity index (χ0v) is 24.4. The maximum Gasteiger partial charge on any atom is 0.272 e. The van der Waals surface area contributed by atoms with E-state index in [2.05, 4.69) is 78.1 Å². The van der Waals surface area contributed by atoms with E-state index in [-0.39, 0.29) is 17.9 Å². The average Bonchev–Trinajstić information content (AvgIpc) is 3.52. The van der Waals surface area contributed by atoms with E-state index in [4.69, 9.17) is 0 Å². The molecule has 0 aromatic carbocycles. The van der Waals surface area contributed by atoms with Crippen LogP contribution in [0.2, 0.25) is 0 Å². The fourth-order valence-corrected chi connectivity index (χ4v) is 5.70. The number of aryl methyl sites for hydroxylation is 1. The standard InChI is InChI=1S/C30H47N7O/c1-19(2)12-14-36(15-13-20(3)4)25-10-8-24(9-11-25)33-30(38)28-26(21(5)6)27(34-35-28)23-16-22(7)29-31-18-32-37(29)17-23/h16-21,24-25H,8-15H2,1-7H3,(H,33,38)(H,34,35)/t24-,25-. The van der Waals surface area contributed by atoms with Gasteiger partial charge in [0.2, 0.25) is 0 Å². The zero-order chi connectivity index (χ0) is 27.4. The third-order valence-corrected chi connectivity index (χ3v) is 7.98. The number of aromatic amines is 1. The van der Waals surface area contributed by atoms with E-state index in [9.17, 15) is 4.79 Å². The third kappa shape index (κ3) is 6.63. The van der Waals surface area contributed by atoms with Crippen molar-refractivity contribution < 1.29 is 4.79 Å². The van der Waals surface area contributed by atoms with Crippen molar-refractivity contribution in [1.82, 2.24) is 35.0 Å². The van der Waals surface area contributed by atoms with Crippen LogP contribution in [0.5, 0.6) is 0 Å². The Bertz CT molecular complexity index is 1190. The highest BCUT2D eigenvalue weighted by molar-refractivity contribution is 5.96. The van der Waals surface area contributed by atoms with Crippen LogP contribution >= 0.6 is 0 Å². The lowest BCUT2D eigenvalue weighted by Crippen LogP contribution is -2.45. The molecule has 1 amide bonds. The van der Waals surface area contributed by atoms with Crippen LogP contribution in [0.3, 0.4) is 0 Å². The minimum atomic E-state index is -0.0744. The van der Waals surface area contributed by atoms with Crippen molar-refractivity contribution in [3.8, 4) is 11.3 Å². The molecular formula is C30H47N7O. The molecule has 1 aliphatic rings. The number of carbonyl (C=O) groups is 1. The molecule has 3 aromatic heterocycles. The first-order valence-corrected chi connectivity index (χ1v) is 14.6. The summed E-state index contributed by atoms with van der Waals surface area (Å²) in [5, 5.41) is 15.3. The molecule has 8 nitrogen and oxygen atoms in total. The summed E-state index contributed by atoms with van der Waals surface area (Å²) in [6, 6.07) is 2.90. The molecule has 1 aliphatic carbocycles. The molecule has 0 radical (unpaired) electrons. The van der Waals surface area contributed by atoms with Crippen molar-refractivity contribution >= 4 is 11.6 Å². The predicted octanol–water partition coefficient (Wildman–Crippen LogP) is 5.99. The van der Waals surface area contributed by atoms with Gasteiger partial charge >= 0.3 is 0 Å². The van der Waals surface area contributed by atoms with Crippen molar-refractivity contribution in [1.29, 1.82) is 0 Å². The Morgan fingerprint density at radius 3 is 2.34 bits per heavy atom. The van der Waals surface area contributed by atoms with E-state index in [1.54, 1.807) is 10.8 Å². The van der Waals surface area contributed by atoms with Gasteiger partial charge < -0.3 is 10.2 Å². The monoisotopic (exact) mass is 521 g/mol. The molecule has 0 unspecified atom stereocenters. The summed E-state index contributed by atoms with van der Waals surface area (Å²) < 4.78 is 1.78. The van der Waals surface area contributed by atoms with Gasteiger partial charge in [-0.2, -0.15) is 10.2 Å². The van der Waals surface area contributed by atoms with Crippen LogP contribution in [0.1, 0.15) is 108 Å². The molecule has 3 heterocycles. The summed E-state index contributed by atoms with van der Waals surface area (Å²) in [5.41, 5.74) is 5.15. The normalized spacial score (nSPS) is 18.4. The van der Waals surface area contributed by atoms with Crippen LogP contribution in [-0.4, -0.2) is 60.8 Å². The van der Waals surface area contributed by atoms with E-state index in [1.807, 2.05) is 13.1 Å². The number of rotatable bonds is 11. The van der Waals surface area contributed by atoms with Gasteiger partial charge in [0.25, 0.3) is 5.91 Å². The molecule has 4 rings (SSSR count). The molecule has 208 valence electrons. The largest absolute Gasteiger partial charge is 0.348 e. The smallest absolute Gasteiger partial charge is 0.272 e. The Labute approximate surface area is 228 Å². The summed E-state index contributed by atoms with van der Waals surface area (Å²) in [7, 11) is 0. The van der Waals surface area contributed by atoms with Gasteiger partial charge in [0, 0.05) is 29.4 Å². The highest BCUT2D eigenvalue weighted by Crippen LogP contribution is 2.32. The molecule has 1 saturated carbocycles. The van der Waals surface area contributed by atoms with Crippen LogP contribution in [0.25, 0.3) is 16.9 Å². The minimum Gasteiger partial charge on any atom is -0.348 e. The number of pyridine rings is 1. The average molecular weight is 522 g/mol. The summed E-state index contributed by atoms with van der Waals surface area (Å²) in [6.07, 6.45) is 10.3. The van der Waals surface area contributed by atoms with E-state index in [0.29, 0.717) is 11.7 Å². The van der Waals surface area contributed by atoms with Crippen molar-refractivity contribution in [2.75, 3.05) is 13.1 Å². The van der Waals surface area contributed by atoms with Gasteiger partial charge in [-0.15, -0.1) is 0 Å². The third-order valence-electron chi connectivity index (χ3n) is 7.98. The molecule has 0 saturated heterocycles. The number of fused-ring (bicyclic) bond motifs is 1. The van der Waals surface area contributed by atoms with Crippen molar-refractivity contribution in [3.63, 3.8) is 0 Å². The predicted molar refractivity (Wildman–Crippen MR) is 153 cm³/mol. The molecule has 3 aromatic rings. The maximum absolute atomic E-state index is 13.5. The number of hydrogen-bond donors (Lipinski definition) is 2. The van der Waals surface area contributed by atoms with Gasteiger partial charge in [-0.1, -0.05) is 41.5 Å². The molecule has 8 heteroatoms. The molecule has 0 atom stereocenters. The van der Waals surface area contributed by atoms with Crippen LogP contribution in [-0.2, 0) is 0 Å². The van der Waals surface area contributed by atoms with E-state index in [0.717, 1.165) is 65.6 Å². The van der Waals surface area contributed by atoms with Crippen molar-refractivity contribution in [3.05, 3.63) is 35.4 Å². The molecule has 38 heavy (non-hydrogen) atoms. The summed E-state index contributed by atoms with van der Waals surface area (Å²) in [4.78, 5) is 20.5. The van der Waals surface area contributed by atoms with Gasteiger partial charge in [0.15, 0.2) is 11.3 Å². The van der Waals surface area contributed by atoms with Crippen LogP contribution < -0.4 is 5.32 Å². The minimum absolute atomic E-state index is 0.0744. The van der Waals surface area contributed by atoms with E-state index < -0.39 is 0 Å². The summed E-state index contributed by atoms with van der Waals surface area (Å²) in [5.74, 6) is 1.52. The molecule has 1 fully saturated rings. The fraction of sp³-hybridized carbons (Fsp3) is 0.667. The van der Waals surface area contributed by atoms with Crippen molar-refractivity contribution in [2.24, 2.45) is 11.8 Å². The number of hydrogen-bond acceptors (Lipinski definition) is 5. The molecule has 0 aliphatic heterocycles. The SMILES string of the molecule is Cc1cc(-c2[nH]nc(C(=O)N[C@H]3CC[C@H](N(CCC(C)C)CCC(C)C)CC3)c2C(C)C)cn2ncnc12. The zero-order valence-electron chi connectivity index (χ0n) is 24.4. The number of H-pyrrole nitrogens is 1. The molecular weight excluding hydrogens is 474 g/mol. The lowest BCUT2D eigenvalue weighted by Gasteiger charge is -2.38. The topological polar surface area (TPSA) is 91.2 Å². The summed E-state index contributed by atoms with van der Waals surface area (Å²) >= 11 is 0. The molecule has 0 spiro atoms. The number of nitrogens with one attached hydrogen (secondary N) is 2. The molecule has 0 bridgehead atoms. The lowest BCUT2D eigenvalue weighted by molar-refractivity contribution is 0.0889. The second-order valence-corrected chi connectivity index (χ2v) is 12.3. The Morgan fingerprint density at radius 1 is 1.08 bits per heavy atom. The number of aromatic nitrogens is 5. The van der Waals surface area contributed by atoms with Gasteiger partial charge in [0.1, 0.15) is 6.33 Å². The van der Waals surface area contributed by atoms with Crippen LogP contribution in [0.4, 0.5) is 0 Å². The Morgan fingerprint density at radius 2 is 1.74 bits per heavy atom. The first-order valence-electron chi connectivity index (χ1n) is 14.6. The van der Waals surface area contributed by atoms with Gasteiger partial charge in [-0.05, 0) is 87.9 Å². The maximum atomic E-state index is 13.5. The first kappa shape index (κ1) is 28.3. The fourth-order valence-electron chi connectivity index (χ4n) is 5.70. The summed E-state index contributed by atoms with van der Waals surface area (Å²) in [6.45, 7) is 17.9. The van der Waals surface area contributed by atoms with Gasteiger partial charge in [0.05, 0.1) is 5.69 Å². The second-order valence-electron chi connectivity index (χ2n) is 12.3. The number of nitrogens with zero attached hydrogens (tertiary/aromatic N) is 5. The highest BCUT2D eigenvalue weighted by Gasteiger charge is 2.29. The number of carbonyl (C=O) groups excluding carboxylic acids is 1. The van der Waals surface area contributed by atoms with Crippen molar-refractivity contribution in [2.45, 2.75) is 105 Å². The number of amides is 1. The van der Waals surface area contributed by atoms with Gasteiger partial charge in [-0.3, -0.25) is 9.89 Å². The second kappa shape index (κ2) is 12.4. The van der Waals surface area contributed by atoms with Gasteiger partial charge in [-0.25, -0.2) is 9.50 Å². The van der Waals surface area contributed by atoms with E-state index >= 15 is 0 Å². The first-order chi connectivity index (χ1) is 18.1. The van der Waals surface area contributed by atoms with E-state index in [1.165, 1.54) is 25.9 Å². The Hall–Kier alpha value is -2.74. The lowest BCUT2D eigenvalue weighted by atomic mass is 9.89. The van der Waals surface area contributed by atoms with Crippen LogP contribution in [0, 0.1) is 18.8 Å². The Kier molecular flexibility index (Phi) is 9.23. The molecule has 2 N–H and O–H groups in total. The highest BCUT2D eigenvalue weighted by atomic mass is 16.2. The van der Waals surface area contributed by atoms with Crippen LogP contribution in [0.15, 0.2) is 18.6 Å². The Balaban J connectivity index is 1.43. The quantitative estimate of drug-likeness (QED) is 0.324.